The van der Waals surface area contributed by atoms with Crippen LogP contribution < -0.4 is 20.1 Å². The molecule has 0 unspecified atom stereocenters. The molecule has 2 saturated heterocycles. The molecule has 5 aromatic rings. The summed E-state index contributed by atoms with van der Waals surface area (Å²) in [4.78, 5) is 116. The maximum atomic E-state index is 13.9. The molecule has 8 rings (SSSR count). The van der Waals surface area contributed by atoms with E-state index in [2.05, 4.69) is 15.6 Å². The number of hydrogen-bond acceptors (Lipinski definition) is 19. The van der Waals surface area contributed by atoms with E-state index in [1.165, 1.54) is 45.2 Å². The maximum absolute atomic E-state index is 13.9. The van der Waals surface area contributed by atoms with E-state index < -0.39 is 96.0 Å². The van der Waals surface area contributed by atoms with Gasteiger partial charge in [-0.1, -0.05) is 86.5 Å². The molecular weight excluding hydrogens is 1200 g/mol. The van der Waals surface area contributed by atoms with Gasteiger partial charge in [-0.15, -0.1) is 0 Å². The van der Waals surface area contributed by atoms with E-state index in [0.29, 0.717) is 36.7 Å². The van der Waals surface area contributed by atoms with E-state index in [0.717, 1.165) is 76.0 Å². The summed E-state index contributed by atoms with van der Waals surface area (Å²) < 4.78 is 66.1. The molecule has 2 N–H and O–H groups in total. The summed E-state index contributed by atoms with van der Waals surface area (Å²) >= 11 is 0. The first-order valence-corrected chi connectivity index (χ1v) is 31.8. The number of pyridine rings is 1. The van der Waals surface area contributed by atoms with E-state index in [9.17, 15) is 42.0 Å². The van der Waals surface area contributed by atoms with Crippen molar-refractivity contribution < 1.29 is 84.7 Å². The minimum Gasteiger partial charge on any atom is -0.473 e. The number of likely N-dealkylation sites (N-methyl/N-ethyl adjacent to an activating group) is 1. The Morgan fingerprint density at radius 2 is 1.49 bits per heavy atom. The van der Waals surface area contributed by atoms with Crippen LogP contribution in [0.2, 0.25) is 0 Å². The van der Waals surface area contributed by atoms with E-state index >= 15 is 0 Å². The molecule has 0 saturated carbocycles. The lowest BCUT2D eigenvalue weighted by molar-refractivity contribution is -0.263. The average Bonchev–Trinajstić information content (AvgIpc) is 1.70. The Labute approximate surface area is 528 Å². The second-order valence-corrected chi connectivity index (χ2v) is 24.6. The van der Waals surface area contributed by atoms with Crippen LogP contribution in [0.15, 0.2) is 122 Å². The van der Waals surface area contributed by atoms with Crippen LogP contribution in [0.25, 0.3) is 17.2 Å². The van der Waals surface area contributed by atoms with Crippen molar-refractivity contribution in [2.45, 2.75) is 96.9 Å². The average molecular weight is 1270 g/mol. The zero-order chi connectivity index (χ0) is 65.6. The molecule has 24 nitrogen and oxygen atoms in total. The van der Waals surface area contributed by atoms with Crippen LogP contribution in [0.5, 0.6) is 11.5 Å². The first kappa shape index (κ1) is 69.0. The number of anilines is 1. The molecule has 25 heteroatoms. The van der Waals surface area contributed by atoms with E-state index in [1.54, 1.807) is 67.5 Å². The number of esters is 2. The fourth-order valence-corrected chi connectivity index (χ4v) is 11.3. The first-order chi connectivity index (χ1) is 43.6. The number of rotatable bonds is 25. The van der Waals surface area contributed by atoms with Crippen LogP contribution in [0.1, 0.15) is 98.3 Å². The summed E-state index contributed by atoms with van der Waals surface area (Å²) in [6.45, 7) is 5.96. The van der Waals surface area contributed by atoms with E-state index in [1.807, 2.05) is 54.6 Å². The smallest absolute Gasteiger partial charge is 0.412 e. The van der Waals surface area contributed by atoms with Crippen molar-refractivity contribution in [2.75, 3.05) is 70.4 Å². The maximum Gasteiger partial charge on any atom is 0.412 e. The van der Waals surface area contributed by atoms with Gasteiger partial charge in [0.05, 0.1) is 17.5 Å². The third-order valence-corrected chi connectivity index (χ3v) is 16.5. The number of piperidine rings is 1. The van der Waals surface area contributed by atoms with Crippen molar-refractivity contribution in [1.82, 2.24) is 25.0 Å². The monoisotopic (exact) mass is 1270 g/mol. The van der Waals surface area contributed by atoms with Gasteiger partial charge < -0.3 is 53.6 Å². The zero-order valence-corrected chi connectivity index (χ0v) is 52.4. The SMILES string of the molecule is CC(=O)O[C@H]1[C@H](Oc2ccc(COC(=O)N(CCS(C)(=O)=O)COc3cccc(C(=O)N4CCC(CCCCNC(=O)/C=C/c5cccnc5)CC4)c3)cc2NC(=O)CN(C)C(=O)OCC2c3ccccc3-c3ccccc32)O[C@H](C)[C@@H](C)[C@@H]1OC(C)=O.O=C=O. The van der Waals surface area contributed by atoms with Gasteiger partial charge >= 0.3 is 30.3 Å². The second kappa shape index (κ2) is 33.4. The molecule has 1 aliphatic carbocycles. The standard InChI is InChI=1S/C65H76N6O16S.CO2/c1-42-43(2)84-63(61(86-45(4)73)60(42)85-44(3)72)87-57-25-23-48(35-56(57)68-59(75)38-69(5)64(77)82-40-55-53-21-9-7-19-51(53)52-20-8-10-22-54(52)55)39-81-65(78)71(33-34-88(6,79)80)41-83-50-18-13-17-49(36-50)62(76)70-31-27-46(28-32-70)15-11-12-30-67-58(74)26-24-47-16-14-29-66-37-47;2-1-3/h7-10,13-14,16-26,29,35-37,42-43,46,55,60-61,63H,11-12,15,27-28,30-34,38-41H2,1-6H3,(H,67,74)(H,68,75);/b26-24+;/t42-,43-,60+,61-,63+;/m1./s1. The Morgan fingerprint density at radius 3 is 2.15 bits per heavy atom. The predicted molar refractivity (Wildman–Crippen MR) is 330 cm³/mol. The Bertz CT molecular complexity index is 3490. The Balaban J connectivity index is 0.00000384. The van der Waals surface area contributed by atoms with Gasteiger partial charge in [0.2, 0.25) is 24.2 Å². The molecule has 484 valence electrons. The quantitative estimate of drug-likeness (QED) is 0.0185. The van der Waals surface area contributed by atoms with Crippen molar-refractivity contribution in [3.8, 4) is 22.6 Å². The highest BCUT2D eigenvalue weighted by Crippen LogP contribution is 2.45. The summed E-state index contributed by atoms with van der Waals surface area (Å²) in [6.07, 6.45) is 6.37. The number of carbonyl (C=O) groups is 7. The number of fused-ring (bicyclic) bond motifs is 3. The molecule has 91 heavy (non-hydrogen) atoms. The summed E-state index contributed by atoms with van der Waals surface area (Å²) in [7, 11) is -2.18. The number of ether oxygens (including phenoxy) is 7. The van der Waals surface area contributed by atoms with Gasteiger partial charge in [-0.05, 0) is 108 Å². The number of nitrogens with zero attached hydrogens (tertiary/aromatic N) is 4. The van der Waals surface area contributed by atoms with Crippen LogP contribution in [-0.2, 0) is 68.9 Å². The van der Waals surface area contributed by atoms with Gasteiger partial charge in [0, 0.05) is 89.2 Å². The molecule has 4 aromatic carbocycles. The van der Waals surface area contributed by atoms with E-state index in [4.69, 9.17) is 42.7 Å². The molecule has 3 heterocycles. The van der Waals surface area contributed by atoms with Gasteiger partial charge in [0.15, 0.2) is 6.73 Å². The number of unbranched alkanes of at least 4 members (excludes halogenated alkanes) is 1. The van der Waals surface area contributed by atoms with Crippen molar-refractivity contribution in [3.05, 3.63) is 149 Å². The number of hydrogen-bond donors (Lipinski definition) is 2. The van der Waals surface area contributed by atoms with Crippen LogP contribution >= 0.6 is 0 Å². The molecule has 3 aliphatic rings. The third kappa shape index (κ3) is 20.5. The highest BCUT2D eigenvalue weighted by molar-refractivity contribution is 7.90. The molecule has 2 fully saturated rings. The normalized spacial score (nSPS) is 17.7. The predicted octanol–water partition coefficient (Wildman–Crippen LogP) is 7.81. The van der Waals surface area contributed by atoms with Crippen LogP contribution in [-0.4, -0.2) is 166 Å². The number of amides is 5. The topological polar surface area (TPSA) is 299 Å². The number of likely N-dealkylation sites (tertiary alicyclic amines) is 1. The third-order valence-electron chi connectivity index (χ3n) is 15.6. The molecule has 0 radical (unpaired) electrons. The van der Waals surface area contributed by atoms with Gasteiger partial charge in [-0.25, -0.2) is 18.0 Å². The largest absolute Gasteiger partial charge is 0.473 e. The highest BCUT2D eigenvalue weighted by Gasteiger charge is 2.48. The Kier molecular flexibility index (Phi) is 25.3. The number of carbonyl (C=O) groups excluding carboxylic acids is 9. The summed E-state index contributed by atoms with van der Waals surface area (Å²) in [5, 5.41) is 5.69. The number of benzene rings is 4. The van der Waals surface area contributed by atoms with Gasteiger partial charge in [-0.2, -0.15) is 9.59 Å². The van der Waals surface area contributed by atoms with Crippen LogP contribution in [0.3, 0.4) is 0 Å². The lowest BCUT2D eigenvalue weighted by Crippen LogP contribution is -2.57. The zero-order valence-electron chi connectivity index (χ0n) is 51.6. The minimum atomic E-state index is -3.59. The summed E-state index contributed by atoms with van der Waals surface area (Å²) in [6, 6.07) is 30.4. The lowest BCUT2D eigenvalue weighted by Gasteiger charge is -2.43. The number of aromatic nitrogens is 1. The fourth-order valence-electron chi connectivity index (χ4n) is 10.8. The molecule has 5 atom stereocenters. The molecular formula is C66H76N6O18S. The van der Waals surface area contributed by atoms with Gasteiger partial charge in [0.25, 0.3) is 5.91 Å². The van der Waals surface area contributed by atoms with Crippen molar-refractivity contribution in [1.29, 1.82) is 0 Å². The molecule has 0 spiro atoms. The Hall–Kier alpha value is -9.45. The fraction of sp³-hybridized carbons (Fsp3) is 0.409. The summed E-state index contributed by atoms with van der Waals surface area (Å²) in [5.41, 5.74) is 5.68. The lowest BCUT2D eigenvalue weighted by atomic mass is 9.91. The van der Waals surface area contributed by atoms with Crippen molar-refractivity contribution in [2.24, 2.45) is 11.8 Å². The second-order valence-electron chi connectivity index (χ2n) is 22.3. The molecule has 5 amide bonds. The van der Waals surface area contributed by atoms with Crippen LogP contribution in [0, 0.1) is 11.8 Å². The summed E-state index contributed by atoms with van der Waals surface area (Å²) in [5.74, 6) is -2.78. The highest BCUT2D eigenvalue weighted by atomic mass is 32.2. The molecule has 1 aromatic heterocycles. The van der Waals surface area contributed by atoms with E-state index in [-0.39, 0.29) is 54.2 Å². The van der Waals surface area contributed by atoms with Crippen molar-refractivity contribution in [3.63, 3.8) is 0 Å². The Morgan fingerprint density at radius 1 is 0.813 bits per heavy atom. The number of nitrogens with one attached hydrogen (secondary N) is 2. The first-order valence-electron chi connectivity index (χ1n) is 29.7. The van der Waals surface area contributed by atoms with Crippen LogP contribution in [0.4, 0.5) is 15.3 Å². The molecule has 2 aliphatic heterocycles. The van der Waals surface area contributed by atoms with Gasteiger partial charge in [-0.3, -0.25) is 33.9 Å². The minimum absolute atomic E-state index is 0.0105. The molecule has 0 bridgehead atoms. The van der Waals surface area contributed by atoms with Gasteiger partial charge in [0.1, 0.15) is 47.2 Å². The van der Waals surface area contributed by atoms with Crippen molar-refractivity contribution >= 4 is 69.6 Å². The number of sulfone groups is 1.